The molecule has 1 aromatic rings. The molecule has 1 fully saturated rings. The lowest BCUT2D eigenvalue weighted by Crippen LogP contribution is -2.33. The van der Waals surface area contributed by atoms with Crippen LogP contribution in [0.25, 0.3) is 0 Å². The second kappa shape index (κ2) is 6.55. The van der Waals surface area contributed by atoms with Crippen molar-refractivity contribution in [3.05, 3.63) is 29.8 Å². The van der Waals surface area contributed by atoms with Crippen molar-refractivity contribution in [2.75, 3.05) is 18.8 Å². The summed E-state index contributed by atoms with van der Waals surface area (Å²) >= 11 is 0. The lowest BCUT2D eigenvalue weighted by molar-refractivity contribution is 0.404. The van der Waals surface area contributed by atoms with Crippen LogP contribution in [0, 0.1) is 12.8 Å². The first-order valence-corrected chi connectivity index (χ1v) is 7.73. The minimum Gasteiger partial charge on any atom is -0.316 e. The molecule has 1 saturated heterocycles. The maximum Gasteiger partial charge on any atom is 0.178 e. The standard InChI is InChI=1S/C13H19NO2S.ClH/c1-11-4-6-13(7-5-11)17(15,16)10-12-3-2-8-14-9-12;/h4-7,12,14H,2-3,8-10H2,1H3;1H. The summed E-state index contributed by atoms with van der Waals surface area (Å²) in [5.74, 6) is 0.526. The van der Waals surface area contributed by atoms with E-state index >= 15 is 0 Å². The van der Waals surface area contributed by atoms with E-state index in [1.165, 1.54) is 0 Å². The van der Waals surface area contributed by atoms with Crippen molar-refractivity contribution in [2.24, 2.45) is 5.92 Å². The minimum absolute atomic E-state index is 0. The zero-order valence-electron chi connectivity index (χ0n) is 10.6. The molecule has 0 amide bonds. The number of hydrogen-bond donors (Lipinski definition) is 1. The lowest BCUT2D eigenvalue weighted by Gasteiger charge is -2.22. The van der Waals surface area contributed by atoms with Crippen LogP contribution in [0.1, 0.15) is 18.4 Å². The predicted molar refractivity (Wildman–Crippen MR) is 76.1 cm³/mol. The largest absolute Gasteiger partial charge is 0.316 e. The van der Waals surface area contributed by atoms with Crippen LogP contribution in [0.5, 0.6) is 0 Å². The van der Waals surface area contributed by atoms with Gasteiger partial charge in [0.25, 0.3) is 0 Å². The lowest BCUT2D eigenvalue weighted by atomic mass is 10.0. The highest BCUT2D eigenvalue weighted by atomic mass is 35.5. The van der Waals surface area contributed by atoms with Gasteiger partial charge >= 0.3 is 0 Å². The van der Waals surface area contributed by atoms with E-state index < -0.39 is 9.84 Å². The second-order valence-electron chi connectivity index (χ2n) is 4.81. The smallest absolute Gasteiger partial charge is 0.178 e. The van der Waals surface area contributed by atoms with Crippen molar-refractivity contribution < 1.29 is 8.42 Å². The topological polar surface area (TPSA) is 46.2 Å². The summed E-state index contributed by atoms with van der Waals surface area (Å²) in [7, 11) is -3.12. The maximum atomic E-state index is 12.2. The van der Waals surface area contributed by atoms with Crippen LogP contribution in [-0.4, -0.2) is 27.3 Å². The van der Waals surface area contributed by atoms with Gasteiger partial charge in [0.2, 0.25) is 0 Å². The Balaban J connectivity index is 0.00000162. The first kappa shape index (κ1) is 15.5. The molecule has 1 heterocycles. The predicted octanol–water partition coefficient (Wildman–Crippen LogP) is 2.19. The van der Waals surface area contributed by atoms with Crippen molar-refractivity contribution in [3.63, 3.8) is 0 Å². The summed E-state index contributed by atoms with van der Waals surface area (Å²) in [5, 5.41) is 3.25. The number of benzene rings is 1. The SMILES string of the molecule is Cc1ccc(S(=O)(=O)CC2CCCNC2)cc1.Cl. The molecule has 1 aliphatic rings. The molecule has 0 aromatic heterocycles. The average molecular weight is 290 g/mol. The Hall–Kier alpha value is -0.580. The van der Waals surface area contributed by atoms with Gasteiger partial charge in [-0.15, -0.1) is 12.4 Å². The molecule has 1 unspecified atom stereocenters. The van der Waals surface area contributed by atoms with Crippen LogP contribution in [0.2, 0.25) is 0 Å². The van der Waals surface area contributed by atoms with Crippen LogP contribution in [0.3, 0.4) is 0 Å². The molecule has 0 saturated carbocycles. The van der Waals surface area contributed by atoms with E-state index in [0.29, 0.717) is 4.90 Å². The quantitative estimate of drug-likeness (QED) is 0.928. The summed E-state index contributed by atoms with van der Waals surface area (Å²) in [5.41, 5.74) is 1.09. The summed E-state index contributed by atoms with van der Waals surface area (Å²) < 4.78 is 24.4. The Bertz CT molecular complexity index is 464. The summed E-state index contributed by atoms with van der Waals surface area (Å²) in [6, 6.07) is 7.12. The highest BCUT2D eigenvalue weighted by Crippen LogP contribution is 2.18. The van der Waals surface area contributed by atoms with Crippen LogP contribution in [0.15, 0.2) is 29.2 Å². The van der Waals surface area contributed by atoms with E-state index in [2.05, 4.69) is 5.32 Å². The molecule has 3 nitrogen and oxygen atoms in total. The van der Waals surface area contributed by atoms with Gasteiger partial charge in [-0.25, -0.2) is 8.42 Å². The number of aryl methyl sites for hydroxylation is 1. The average Bonchev–Trinajstić information content (AvgIpc) is 2.30. The van der Waals surface area contributed by atoms with Crippen LogP contribution < -0.4 is 5.32 Å². The third kappa shape index (κ3) is 3.97. The normalized spacial score (nSPS) is 20.2. The number of sulfone groups is 1. The highest BCUT2D eigenvalue weighted by Gasteiger charge is 2.22. The van der Waals surface area contributed by atoms with E-state index in [0.717, 1.165) is 31.5 Å². The third-order valence-electron chi connectivity index (χ3n) is 3.23. The van der Waals surface area contributed by atoms with Gasteiger partial charge in [0.05, 0.1) is 10.6 Å². The third-order valence-corrected chi connectivity index (χ3v) is 5.13. The van der Waals surface area contributed by atoms with Crippen molar-refractivity contribution >= 4 is 22.2 Å². The fourth-order valence-corrected chi connectivity index (χ4v) is 3.87. The maximum absolute atomic E-state index is 12.2. The molecular formula is C13H20ClNO2S. The first-order chi connectivity index (χ1) is 8.08. The molecule has 0 spiro atoms. The van der Waals surface area contributed by atoms with Gasteiger partial charge in [-0.2, -0.15) is 0 Å². The number of halogens is 1. The molecule has 1 aromatic carbocycles. The molecule has 0 aliphatic carbocycles. The minimum atomic E-state index is -3.12. The van der Waals surface area contributed by atoms with Crippen LogP contribution in [-0.2, 0) is 9.84 Å². The Kier molecular flexibility index (Phi) is 5.63. The number of nitrogens with one attached hydrogen (secondary N) is 1. The molecule has 1 atom stereocenters. The first-order valence-electron chi connectivity index (χ1n) is 6.08. The van der Waals surface area contributed by atoms with E-state index in [1.54, 1.807) is 12.1 Å². The zero-order valence-corrected chi connectivity index (χ0v) is 12.2. The van der Waals surface area contributed by atoms with Gasteiger partial charge < -0.3 is 5.32 Å². The van der Waals surface area contributed by atoms with Crippen molar-refractivity contribution in [1.29, 1.82) is 0 Å². The van der Waals surface area contributed by atoms with Gasteiger partial charge in [0.1, 0.15) is 0 Å². The van der Waals surface area contributed by atoms with Crippen molar-refractivity contribution in [1.82, 2.24) is 5.32 Å². The molecule has 1 aliphatic heterocycles. The van der Waals surface area contributed by atoms with Crippen molar-refractivity contribution in [2.45, 2.75) is 24.7 Å². The van der Waals surface area contributed by atoms with Crippen LogP contribution >= 0.6 is 12.4 Å². The summed E-state index contributed by atoms with van der Waals surface area (Å²) in [4.78, 5) is 0.452. The fourth-order valence-electron chi connectivity index (χ4n) is 2.22. The molecule has 18 heavy (non-hydrogen) atoms. The Morgan fingerprint density at radius 1 is 1.28 bits per heavy atom. The van der Waals surface area contributed by atoms with Gasteiger partial charge in [0, 0.05) is 0 Å². The summed E-state index contributed by atoms with van der Waals surface area (Å²) in [6.07, 6.45) is 2.09. The second-order valence-corrected chi connectivity index (χ2v) is 6.84. The monoisotopic (exact) mass is 289 g/mol. The van der Waals surface area contributed by atoms with E-state index in [1.807, 2.05) is 19.1 Å². The highest BCUT2D eigenvalue weighted by molar-refractivity contribution is 7.91. The number of piperidine rings is 1. The Morgan fingerprint density at radius 2 is 1.94 bits per heavy atom. The zero-order chi connectivity index (χ0) is 12.3. The molecule has 5 heteroatoms. The van der Waals surface area contributed by atoms with Crippen LogP contribution in [0.4, 0.5) is 0 Å². The van der Waals surface area contributed by atoms with E-state index in [4.69, 9.17) is 0 Å². The van der Waals surface area contributed by atoms with Gasteiger partial charge in [-0.05, 0) is 50.9 Å². The number of hydrogen-bond acceptors (Lipinski definition) is 3. The molecule has 2 rings (SSSR count). The Morgan fingerprint density at radius 3 is 2.50 bits per heavy atom. The molecule has 102 valence electrons. The van der Waals surface area contributed by atoms with Gasteiger partial charge in [-0.1, -0.05) is 17.7 Å². The number of rotatable bonds is 3. The molecule has 1 N–H and O–H groups in total. The fraction of sp³-hybridized carbons (Fsp3) is 0.538. The van der Waals surface area contributed by atoms with Crippen molar-refractivity contribution in [3.8, 4) is 0 Å². The van der Waals surface area contributed by atoms with Gasteiger partial charge in [-0.3, -0.25) is 0 Å². The molecule has 0 radical (unpaired) electrons. The van der Waals surface area contributed by atoms with Gasteiger partial charge in [0.15, 0.2) is 9.84 Å². The van der Waals surface area contributed by atoms with E-state index in [9.17, 15) is 8.42 Å². The van der Waals surface area contributed by atoms with E-state index in [-0.39, 0.29) is 24.1 Å². The summed E-state index contributed by atoms with van der Waals surface area (Å²) in [6.45, 7) is 3.80. The Labute approximate surface area is 115 Å². The molecular weight excluding hydrogens is 270 g/mol. The molecule has 0 bridgehead atoms.